The van der Waals surface area contributed by atoms with E-state index in [0.717, 1.165) is 31.4 Å². The monoisotopic (exact) mass is 281 g/mol. The van der Waals surface area contributed by atoms with Crippen molar-refractivity contribution in [2.75, 3.05) is 39.4 Å². The van der Waals surface area contributed by atoms with E-state index < -0.39 is 0 Å². The molecule has 4 nitrogen and oxygen atoms in total. The second-order valence-electron chi connectivity index (χ2n) is 5.63. The van der Waals surface area contributed by atoms with Crippen LogP contribution in [0.15, 0.2) is 5.38 Å². The zero-order chi connectivity index (χ0) is 13.1. The van der Waals surface area contributed by atoms with Gasteiger partial charge in [-0.2, -0.15) is 0 Å². The summed E-state index contributed by atoms with van der Waals surface area (Å²) in [7, 11) is 0. The minimum absolute atomic E-state index is 0.370. The molecule has 2 fully saturated rings. The van der Waals surface area contributed by atoms with Crippen molar-refractivity contribution in [3.63, 3.8) is 0 Å². The van der Waals surface area contributed by atoms with Crippen molar-refractivity contribution >= 4 is 11.3 Å². The van der Waals surface area contributed by atoms with Crippen molar-refractivity contribution in [1.82, 2.24) is 15.2 Å². The van der Waals surface area contributed by atoms with Crippen LogP contribution >= 0.6 is 11.3 Å². The molecule has 0 amide bonds. The number of rotatable bonds is 3. The quantitative estimate of drug-likeness (QED) is 0.917. The smallest absolute Gasteiger partial charge is 0.112 e. The van der Waals surface area contributed by atoms with Crippen molar-refractivity contribution in [1.29, 1.82) is 0 Å². The molecule has 1 aromatic rings. The first kappa shape index (κ1) is 13.5. The molecule has 2 aliphatic heterocycles. The molecule has 0 radical (unpaired) electrons. The average molecular weight is 281 g/mol. The van der Waals surface area contributed by atoms with Gasteiger partial charge in [0.25, 0.3) is 0 Å². The Kier molecular flexibility index (Phi) is 4.48. The SMILES string of the molecule is Cc1csc(C2COCCN2CC2CCCNC2)n1. The Hall–Kier alpha value is -0.490. The molecule has 1 aromatic heterocycles. The number of aromatic nitrogens is 1. The highest BCUT2D eigenvalue weighted by molar-refractivity contribution is 7.09. The molecule has 0 saturated carbocycles. The van der Waals surface area contributed by atoms with E-state index >= 15 is 0 Å². The van der Waals surface area contributed by atoms with Crippen LogP contribution in [0.2, 0.25) is 0 Å². The van der Waals surface area contributed by atoms with E-state index in [1.165, 1.54) is 37.5 Å². The summed E-state index contributed by atoms with van der Waals surface area (Å²) in [5.41, 5.74) is 1.13. The lowest BCUT2D eigenvalue weighted by atomic mass is 9.98. The number of piperidine rings is 1. The molecule has 2 unspecified atom stereocenters. The van der Waals surface area contributed by atoms with Crippen molar-refractivity contribution in [3.8, 4) is 0 Å². The molecule has 0 spiro atoms. The van der Waals surface area contributed by atoms with Crippen LogP contribution in [0.25, 0.3) is 0 Å². The maximum absolute atomic E-state index is 5.67. The zero-order valence-corrected chi connectivity index (χ0v) is 12.4. The fourth-order valence-corrected chi connectivity index (χ4v) is 3.94. The lowest BCUT2D eigenvalue weighted by molar-refractivity contribution is -0.0169. The normalized spacial score (nSPS) is 29.5. The van der Waals surface area contributed by atoms with E-state index in [0.29, 0.717) is 6.04 Å². The van der Waals surface area contributed by atoms with Gasteiger partial charge in [0.1, 0.15) is 5.01 Å². The van der Waals surface area contributed by atoms with Crippen LogP contribution in [0, 0.1) is 12.8 Å². The van der Waals surface area contributed by atoms with E-state index in [1.54, 1.807) is 11.3 Å². The van der Waals surface area contributed by atoms with Crippen LogP contribution in [0.3, 0.4) is 0 Å². The summed E-state index contributed by atoms with van der Waals surface area (Å²) in [6, 6.07) is 0.370. The maximum atomic E-state index is 5.67. The highest BCUT2D eigenvalue weighted by Crippen LogP contribution is 2.28. The van der Waals surface area contributed by atoms with Gasteiger partial charge in [0, 0.05) is 24.2 Å². The molecule has 0 bridgehead atoms. The molecule has 2 aliphatic rings. The molecular weight excluding hydrogens is 258 g/mol. The molecule has 5 heteroatoms. The van der Waals surface area contributed by atoms with Crippen molar-refractivity contribution in [2.45, 2.75) is 25.8 Å². The summed E-state index contributed by atoms with van der Waals surface area (Å²) in [5.74, 6) is 0.787. The lowest BCUT2D eigenvalue weighted by Gasteiger charge is -2.37. The van der Waals surface area contributed by atoms with Crippen LogP contribution in [-0.2, 0) is 4.74 Å². The number of morpholine rings is 1. The van der Waals surface area contributed by atoms with Gasteiger partial charge >= 0.3 is 0 Å². The summed E-state index contributed by atoms with van der Waals surface area (Å²) in [6.07, 6.45) is 2.67. The lowest BCUT2D eigenvalue weighted by Crippen LogP contribution is -2.45. The number of nitrogens with one attached hydrogen (secondary N) is 1. The van der Waals surface area contributed by atoms with Gasteiger partial charge in [0.15, 0.2) is 0 Å². The van der Waals surface area contributed by atoms with Crippen LogP contribution in [-0.4, -0.2) is 49.3 Å². The first-order valence-corrected chi connectivity index (χ1v) is 8.15. The number of hydrogen-bond acceptors (Lipinski definition) is 5. The molecule has 0 aromatic carbocycles. The first-order valence-electron chi connectivity index (χ1n) is 7.27. The Balaban J connectivity index is 1.66. The highest BCUT2D eigenvalue weighted by Gasteiger charge is 2.29. The second kappa shape index (κ2) is 6.31. The van der Waals surface area contributed by atoms with E-state index in [2.05, 4.69) is 27.5 Å². The number of thiazole rings is 1. The minimum atomic E-state index is 0.370. The van der Waals surface area contributed by atoms with Gasteiger partial charge < -0.3 is 10.1 Å². The maximum Gasteiger partial charge on any atom is 0.112 e. The molecule has 3 rings (SSSR count). The van der Waals surface area contributed by atoms with Crippen molar-refractivity contribution in [3.05, 3.63) is 16.1 Å². The third-order valence-corrected chi connectivity index (χ3v) is 5.12. The highest BCUT2D eigenvalue weighted by atomic mass is 32.1. The van der Waals surface area contributed by atoms with Gasteiger partial charge in [0.2, 0.25) is 0 Å². The van der Waals surface area contributed by atoms with Gasteiger partial charge in [-0.3, -0.25) is 4.90 Å². The van der Waals surface area contributed by atoms with E-state index in [1.807, 2.05) is 0 Å². The van der Waals surface area contributed by atoms with Gasteiger partial charge in [-0.25, -0.2) is 4.98 Å². The summed E-state index contributed by atoms with van der Waals surface area (Å²) < 4.78 is 5.67. The largest absolute Gasteiger partial charge is 0.378 e. The molecule has 106 valence electrons. The molecule has 2 saturated heterocycles. The van der Waals surface area contributed by atoms with Crippen LogP contribution in [0.1, 0.15) is 29.6 Å². The fourth-order valence-electron chi connectivity index (χ4n) is 3.02. The Morgan fingerprint density at radius 2 is 2.53 bits per heavy atom. The molecular formula is C14H23N3OS. The molecule has 1 N–H and O–H groups in total. The van der Waals surface area contributed by atoms with Crippen LogP contribution in [0.4, 0.5) is 0 Å². The minimum Gasteiger partial charge on any atom is -0.378 e. The van der Waals surface area contributed by atoms with Gasteiger partial charge in [0.05, 0.1) is 19.3 Å². The van der Waals surface area contributed by atoms with Crippen molar-refractivity contribution in [2.24, 2.45) is 5.92 Å². The van der Waals surface area contributed by atoms with Crippen LogP contribution < -0.4 is 5.32 Å². The third-order valence-electron chi connectivity index (χ3n) is 4.05. The Labute approximate surface area is 119 Å². The predicted octanol–water partition coefficient (Wildman–Crippen LogP) is 1.82. The summed E-state index contributed by atoms with van der Waals surface area (Å²) in [5, 5.41) is 6.88. The number of ether oxygens (including phenoxy) is 1. The third kappa shape index (κ3) is 3.34. The summed E-state index contributed by atoms with van der Waals surface area (Å²) in [4.78, 5) is 7.24. The fraction of sp³-hybridized carbons (Fsp3) is 0.786. The van der Waals surface area contributed by atoms with E-state index in [-0.39, 0.29) is 0 Å². The van der Waals surface area contributed by atoms with Crippen molar-refractivity contribution < 1.29 is 4.74 Å². The number of nitrogens with zero attached hydrogens (tertiary/aromatic N) is 2. The molecule has 3 heterocycles. The standard InChI is InChI=1S/C14H23N3OS/c1-11-10-19-14(16-11)13-9-18-6-5-17(13)8-12-3-2-4-15-7-12/h10,12-13,15H,2-9H2,1H3. The number of hydrogen-bond donors (Lipinski definition) is 1. The molecule has 19 heavy (non-hydrogen) atoms. The zero-order valence-electron chi connectivity index (χ0n) is 11.6. The summed E-state index contributed by atoms with van der Waals surface area (Å²) >= 11 is 1.77. The Morgan fingerprint density at radius 1 is 1.58 bits per heavy atom. The van der Waals surface area contributed by atoms with Crippen LogP contribution in [0.5, 0.6) is 0 Å². The second-order valence-corrected chi connectivity index (χ2v) is 6.51. The van der Waals surface area contributed by atoms with E-state index in [9.17, 15) is 0 Å². The predicted molar refractivity (Wildman–Crippen MR) is 77.6 cm³/mol. The van der Waals surface area contributed by atoms with Gasteiger partial charge in [-0.15, -0.1) is 11.3 Å². The van der Waals surface area contributed by atoms with Gasteiger partial charge in [-0.05, 0) is 38.8 Å². The molecule has 2 atom stereocenters. The average Bonchev–Trinajstić information content (AvgIpc) is 2.87. The number of aryl methyl sites for hydroxylation is 1. The Bertz CT molecular complexity index is 403. The first-order chi connectivity index (χ1) is 9.33. The van der Waals surface area contributed by atoms with Gasteiger partial charge in [-0.1, -0.05) is 0 Å². The Morgan fingerprint density at radius 3 is 3.26 bits per heavy atom. The van der Waals surface area contributed by atoms with E-state index in [4.69, 9.17) is 4.74 Å². The topological polar surface area (TPSA) is 37.4 Å². The summed E-state index contributed by atoms with van der Waals surface area (Å²) in [6.45, 7) is 8.31. The molecule has 0 aliphatic carbocycles.